The van der Waals surface area contributed by atoms with Crippen molar-refractivity contribution < 1.29 is 19.1 Å². The second-order valence-corrected chi connectivity index (χ2v) is 10.8. The quantitative estimate of drug-likeness (QED) is 0.707. The van der Waals surface area contributed by atoms with Gasteiger partial charge in [-0.25, -0.2) is 4.79 Å². The van der Waals surface area contributed by atoms with Gasteiger partial charge in [0.1, 0.15) is 17.1 Å². The molecule has 2 aromatic rings. The summed E-state index contributed by atoms with van der Waals surface area (Å²) in [5.74, 6) is -0.836. The van der Waals surface area contributed by atoms with Crippen LogP contribution in [0.2, 0.25) is 0 Å². The zero-order valence-electron chi connectivity index (χ0n) is 19.6. The lowest BCUT2D eigenvalue weighted by atomic mass is 9.96. The van der Waals surface area contributed by atoms with Gasteiger partial charge in [0.25, 0.3) is 5.91 Å². The van der Waals surface area contributed by atoms with Crippen LogP contribution in [0.15, 0.2) is 0 Å². The zero-order chi connectivity index (χ0) is 23.9. The van der Waals surface area contributed by atoms with Gasteiger partial charge in [-0.1, -0.05) is 0 Å². The van der Waals surface area contributed by atoms with Crippen LogP contribution in [0.4, 0.5) is 9.80 Å². The van der Waals surface area contributed by atoms with E-state index in [4.69, 9.17) is 10.5 Å². The Morgan fingerprint density at radius 1 is 1.15 bits per heavy atom. The molecule has 1 aliphatic heterocycles. The number of fused-ring (bicyclic) bond motifs is 2. The Morgan fingerprint density at radius 2 is 1.88 bits per heavy atom. The molecule has 0 saturated carbocycles. The SMILES string of the molecule is Cc1nn(CC(=O)Nc2sc3c(c2C(N)=O)CCN(C(=O)OC(C)(C)C)C3)c2c1CCCC2. The number of hydrogen-bond donors (Lipinski definition) is 2. The van der Waals surface area contributed by atoms with Crippen molar-refractivity contribution in [3.63, 3.8) is 0 Å². The summed E-state index contributed by atoms with van der Waals surface area (Å²) in [5.41, 5.74) is 9.58. The molecule has 4 rings (SSSR count). The molecule has 3 amide bonds. The summed E-state index contributed by atoms with van der Waals surface area (Å²) in [6.07, 6.45) is 4.24. The lowest BCUT2D eigenvalue weighted by molar-refractivity contribution is -0.116. The Morgan fingerprint density at radius 3 is 2.58 bits per heavy atom. The number of nitrogens with one attached hydrogen (secondary N) is 1. The van der Waals surface area contributed by atoms with E-state index < -0.39 is 17.6 Å². The van der Waals surface area contributed by atoms with Gasteiger partial charge >= 0.3 is 6.09 Å². The van der Waals surface area contributed by atoms with E-state index in [1.807, 2.05) is 27.7 Å². The Balaban J connectivity index is 1.52. The summed E-state index contributed by atoms with van der Waals surface area (Å²) in [6, 6.07) is 0. The van der Waals surface area contributed by atoms with Crippen molar-refractivity contribution in [1.29, 1.82) is 0 Å². The topological polar surface area (TPSA) is 120 Å². The van der Waals surface area contributed by atoms with Crippen LogP contribution in [0, 0.1) is 6.92 Å². The third-order valence-corrected chi connectivity index (χ3v) is 7.09. The van der Waals surface area contributed by atoms with E-state index in [0.29, 0.717) is 30.1 Å². The molecule has 178 valence electrons. The number of ether oxygens (including phenoxy) is 1. The van der Waals surface area contributed by atoms with Crippen molar-refractivity contribution in [2.24, 2.45) is 5.73 Å². The Hall–Kier alpha value is -2.88. The maximum Gasteiger partial charge on any atom is 0.410 e. The van der Waals surface area contributed by atoms with Crippen molar-refractivity contribution >= 4 is 34.2 Å². The van der Waals surface area contributed by atoms with Crippen molar-refractivity contribution in [2.45, 2.75) is 78.5 Å². The molecular formula is C23H31N5O4S. The van der Waals surface area contributed by atoms with E-state index in [2.05, 4.69) is 10.4 Å². The third-order valence-electron chi connectivity index (χ3n) is 5.96. The van der Waals surface area contributed by atoms with Gasteiger partial charge in [0, 0.05) is 17.1 Å². The first-order valence-electron chi connectivity index (χ1n) is 11.3. The van der Waals surface area contributed by atoms with Gasteiger partial charge in [-0.3, -0.25) is 14.3 Å². The number of aromatic nitrogens is 2. The molecule has 2 aromatic heterocycles. The van der Waals surface area contributed by atoms with Crippen molar-refractivity contribution in [2.75, 3.05) is 11.9 Å². The molecule has 10 heteroatoms. The molecule has 0 spiro atoms. The fraction of sp³-hybridized carbons (Fsp3) is 0.565. The number of aryl methyl sites for hydroxylation is 1. The maximum absolute atomic E-state index is 12.9. The van der Waals surface area contributed by atoms with Gasteiger partial charge in [-0.05, 0) is 70.9 Å². The Labute approximate surface area is 197 Å². The first-order chi connectivity index (χ1) is 15.5. The molecule has 0 atom stereocenters. The Kier molecular flexibility index (Phi) is 6.22. The summed E-state index contributed by atoms with van der Waals surface area (Å²) in [7, 11) is 0. The number of nitrogens with two attached hydrogens (primary N) is 1. The monoisotopic (exact) mass is 473 g/mol. The summed E-state index contributed by atoms with van der Waals surface area (Å²) < 4.78 is 7.25. The van der Waals surface area contributed by atoms with Crippen LogP contribution in [-0.4, -0.2) is 44.7 Å². The Bertz CT molecular complexity index is 1110. The van der Waals surface area contributed by atoms with E-state index in [1.165, 1.54) is 16.9 Å². The molecule has 0 saturated heterocycles. The predicted molar refractivity (Wildman–Crippen MR) is 125 cm³/mol. The first-order valence-corrected chi connectivity index (χ1v) is 12.1. The molecule has 2 aliphatic rings. The lowest BCUT2D eigenvalue weighted by Crippen LogP contribution is -2.39. The molecule has 3 N–H and O–H groups in total. The molecule has 0 radical (unpaired) electrons. The molecule has 9 nitrogen and oxygen atoms in total. The van der Waals surface area contributed by atoms with Crippen LogP contribution >= 0.6 is 11.3 Å². The highest BCUT2D eigenvalue weighted by molar-refractivity contribution is 7.17. The van der Waals surface area contributed by atoms with Crippen LogP contribution in [0.1, 0.15) is 71.4 Å². The fourth-order valence-electron chi connectivity index (χ4n) is 4.53. The minimum Gasteiger partial charge on any atom is -0.444 e. The number of amides is 3. The minimum absolute atomic E-state index is 0.0843. The van der Waals surface area contributed by atoms with Gasteiger partial charge in [-0.2, -0.15) is 5.10 Å². The number of nitrogens with zero attached hydrogens (tertiary/aromatic N) is 3. The normalized spacial score (nSPS) is 15.6. The molecule has 0 fully saturated rings. The summed E-state index contributed by atoms with van der Waals surface area (Å²) >= 11 is 1.29. The number of primary amides is 1. The summed E-state index contributed by atoms with van der Waals surface area (Å²) in [4.78, 5) is 40.1. The van der Waals surface area contributed by atoms with E-state index in [1.54, 1.807) is 9.58 Å². The fourth-order valence-corrected chi connectivity index (χ4v) is 5.82. The molecule has 33 heavy (non-hydrogen) atoms. The van der Waals surface area contributed by atoms with Crippen LogP contribution in [0.25, 0.3) is 0 Å². The highest BCUT2D eigenvalue weighted by atomic mass is 32.1. The number of carbonyl (C=O) groups excluding carboxylic acids is 3. The largest absolute Gasteiger partial charge is 0.444 e. The molecule has 0 unspecified atom stereocenters. The van der Waals surface area contributed by atoms with Gasteiger partial charge in [0.15, 0.2) is 0 Å². The van der Waals surface area contributed by atoms with Crippen LogP contribution < -0.4 is 11.1 Å². The van der Waals surface area contributed by atoms with Gasteiger partial charge in [0.2, 0.25) is 5.91 Å². The lowest BCUT2D eigenvalue weighted by Gasteiger charge is -2.30. The van der Waals surface area contributed by atoms with Crippen LogP contribution in [0.3, 0.4) is 0 Å². The third kappa shape index (κ3) is 4.90. The highest BCUT2D eigenvalue weighted by Gasteiger charge is 2.31. The van der Waals surface area contributed by atoms with E-state index in [-0.39, 0.29) is 12.5 Å². The number of anilines is 1. The van der Waals surface area contributed by atoms with Crippen molar-refractivity contribution in [1.82, 2.24) is 14.7 Å². The average Bonchev–Trinajstić information content (AvgIpc) is 3.23. The van der Waals surface area contributed by atoms with Gasteiger partial charge < -0.3 is 20.7 Å². The highest BCUT2D eigenvalue weighted by Crippen LogP contribution is 2.37. The smallest absolute Gasteiger partial charge is 0.410 e. The van der Waals surface area contributed by atoms with Gasteiger partial charge in [0.05, 0.1) is 17.8 Å². The standard InChI is InChI=1S/C23H31N5O4S/c1-13-14-7-5-6-8-16(14)28(26-13)12-18(29)25-21-19(20(24)30)15-9-10-27(11-17(15)33-21)22(31)32-23(2,3)4/h5-12H2,1-4H3,(H2,24,30)(H,25,29). The molecule has 0 bridgehead atoms. The predicted octanol–water partition coefficient (Wildman–Crippen LogP) is 3.16. The number of thiophene rings is 1. The number of carbonyl (C=O) groups is 3. The summed E-state index contributed by atoms with van der Waals surface area (Å²) in [6.45, 7) is 8.27. The van der Waals surface area contributed by atoms with Gasteiger partial charge in [-0.15, -0.1) is 11.3 Å². The maximum atomic E-state index is 12.9. The molecule has 1 aliphatic carbocycles. The molecule has 0 aromatic carbocycles. The second-order valence-electron chi connectivity index (χ2n) is 9.65. The zero-order valence-corrected chi connectivity index (χ0v) is 20.4. The first kappa shape index (κ1) is 23.3. The van der Waals surface area contributed by atoms with E-state index in [0.717, 1.165) is 47.5 Å². The number of hydrogen-bond acceptors (Lipinski definition) is 6. The number of rotatable bonds is 4. The summed E-state index contributed by atoms with van der Waals surface area (Å²) in [5, 5.41) is 7.88. The van der Waals surface area contributed by atoms with E-state index >= 15 is 0 Å². The van der Waals surface area contributed by atoms with Crippen molar-refractivity contribution in [3.05, 3.63) is 33.0 Å². The van der Waals surface area contributed by atoms with Crippen LogP contribution in [0.5, 0.6) is 0 Å². The second kappa shape index (κ2) is 8.81. The average molecular weight is 474 g/mol. The molecular weight excluding hydrogens is 442 g/mol. The van der Waals surface area contributed by atoms with Crippen LogP contribution in [-0.2, 0) is 41.9 Å². The molecule has 3 heterocycles. The van der Waals surface area contributed by atoms with E-state index in [9.17, 15) is 14.4 Å². The minimum atomic E-state index is -0.589. The van der Waals surface area contributed by atoms with Crippen molar-refractivity contribution in [3.8, 4) is 0 Å².